The molecule has 0 spiro atoms. The molecule has 0 unspecified atom stereocenters. The zero-order chi connectivity index (χ0) is 31.8. The predicted molar refractivity (Wildman–Crippen MR) is 158 cm³/mol. The Bertz CT molecular complexity index is 1460. The Morgan fingerprint density at radius 1 is 1.02 bits per heavy atom. The maximum absolute atomic E-state index is 13.8. The number of halogens is 3. The van der Waals surface area contributed by atoms with Crippen LogP contribution in [0.25, 0.3) is 11.1 Å². The molecular weight excluding hydrogens is 583 g/mol. The van der Waals surface area contributed by atoms with Gasteiger partial charge in [0.2, 0.25) is 10.0 Å². The first-order chi connectivity index (χ1) is 20.1. The van der Waals surface area contributed by atoms with E-state index in [1.807, 2.05) is 32.0 Å². The number of alkyl halides is 3. The minimum absolute atomic E-state index is 0.0152. The van der Waals surface area contributed by atoms with E-state index in [1.165, 1.54) is 30.9 Å². The molecule has 0 saturated heterocycles. The lowest BCUT2D eigenvalue weighted by atomic mass is 9.95. The maximum atomic E-state index is 13.8. The SMILES string of the molecule is CN(C[C@H](O)CNC(C)(C)CCCc1ccccc1)S(=O)(=O)c1cc(-c2ccc(CCC(=O)O)nc2)cc(C(F)(F)F)c1. The fourth-order valence-electron chi connectivity index (χ4n) is 4.56. The number of aliphatic hydroxyl groups excluding tert-OH is 1. The molecule has 43 heavy (non-hydrogen) atoms. The van der Waals surface area contributed by atoms with Crippen LogP contribution in [0.15, 0.2) is 71.8 Å². The highest BCUT2D eigenvalue weighted by atomic mass is 32.2. The molecule has 1 aromatic heterocycles. The van der Waals surface area contributed by atoms with Crippen LogP contribution in [0.5, 0.6) is 0 Å². The summed E-state index contributed by atoms with van der Waals surface area (Å²) in [4.78, 5) is 14.3. The highest BCUT2D eigenvalue weighted by molar-refractivity contribution is 7.89. The summed E-state index contributed by atoms with van der Waals surface area (Å²) in [7, 11) is -3.20. The van der Waals surface area contributed by atoms with Crippen LogP contribution >= 0.6 is 0 Å². The second-order valence-corrected chi connectivity index (χ2v) is 13.3. The third kappa shape index (κ3) is 10.4. The Morgan fingerprint density at radius 2 is 1.72 bits per heavy atom. The van der Waals surface area contributed by atoms with Gasteiger partial charge in [0.25, 0.3) is 0 Å². The number of hydrogen-bond acceptors (Lipinski definition) is 6. The largest absolute Gasteiger partial charge is 0.481 e. The zero-order valence-electron chi connectivity index (χ0n) is 24.4. The van der Waals surface area contributed by atoms with Crippen molar-refractivity contribution >= 4 is 16.0 Å². The first-order valence-electron chi connectivity index (χ1n) is 13.9. The number of hydrogen-bond donors (Lipinski definition) is 3. The van der Waals surface area contributed by atoms with Crippen LogP contribution in [0.3, 0.4) is 0 Å². The van der Waals surface area contributed by atoms with Gasteiger partial charge in [-0.05, 0) is 68.5 Å². The van der Waals surface area contributed by atoms with E-state index in [0.29, 0.717) is 11.8 Å². The monoisotopic (exact) mass is 621 g/mol. The van der Waals surface area contributed by atoms with Gasteiger partial charge < -0.3 is 15.5 Å². The van der Waals surface area contributed by atoms with Crippen LogP contribution in [0.4, 0.5) is 13.2 Å². The van der Waals surface area contributed by atoms with E-state index < -0.39 is 38.7 Å². The molecular formula is C31H38F3N3O5S. The van der Waals surface area contributed by atoms with E-state index in [4.69, 9.17) is 5.11 Å². The van der Waals surface area contributed by atoms with Crippen LogP contribution in [-0.2, 0) is 33.8 Å². The summed E-state index contributed by atoms with van der Waals surface area (Å²) < 4.78 is 68.9. The van der Waals surface area contributed by atoms with Gasteiger partial charge in [-0.1, -0.05) is 36.4 Å². The first-order valence-corrected chi connectivity index (χ1v) is 15.3. The van der Waals surface area contributed by atoms with Gasteiger partial charge in [0, 0.05) is 49.6 Å². The standard InChI is InChI=1S/C31H38F3N3O5S/c1-30(2,15-7-10-22-8-5-4-6-9-22)36-20-27(38)21-37(3)43(41,42)28-17-24(16-25(18-28)31(32,33)34)23-11-12-26(35-19-23)13-14-29(39)40/h4-6,8-9,11-12,16-19,27,36,38H,7,10,13-15,20-21H2,1-3H3,(H,39,40)/t27-/m1/s1. The number of aromatic nitrogens is 1. The van der Waals surface area contributed by atoms with E-state index in [-0.39, 0.29) is 42.6 Å². The number of β-amino-alcohol motifs (C(OH)–C–C–N with tert-alkyl or cyclic N) is 1. The van der Waals surface area contributed by atoms with Crippen LogP contribution < -0.4 is 5.32 Å². The number of nitrogens with one attached hydrogen (secondary N) is 1. The molecule has 2 aromatic carbocycles. The number of rotatable bonds is 15. The van der Waals surface area contributed by atoms with E-state index >= 15 is 0 Å². The van der Waals surface area contributed by atoms with Gasteiger partial charge in [-0.15, -0.1) is 0 Å². The van der Waals surface area contributed by atoms with E-state index in [0.717, 1.165) is 35.7 Å². The van der Waals surface area contributed by atoms with Crippen molar-refractivity contribution in [3.8, 4) is 11.1 Å². The Balaban J connectivity index is 1.69. The molecule has 3 rings (SSSR count). The molecule has 3 aromatic rings. The molecule has 0 aliphatic rings. The van der Waals surface area contributed by atoms with Crippen molar-refractivity contribution in [2.24, 2.45) is 0 Å². The lowest BCUT2D eigenvalue weighted by Crippen LogP contribution is -2.46. The highest BCUT2D eigenvalue weighted by Gasteiger charge is 2.34. The van der Waals surface area contributed by atoms with Crippen molar-refractivity contribution in [1.82, 2.24) is 14.6 Å². The minimum atomic E-state index is -4.82. The lowest BCUT2D eigenvalue weighted by molar-refractivity contribution is -0.138. The molecule has 0 saturated carbocycles. The molecule has 3 N–H and O–H groups in total. The molecule has 0 aliphatic heterocycles. The van der Waals surface area contributed by atoms with Gasteiger partial charge in [0.05, 0.1) is 23.0 Å². The molecule has 12 heteroatoms. The second-order valence-electron chi connectivity index (χ2n) is 11.2. The van der Waals surface area contributed by atoms with Crippen molar-refractivity contribution in [3.63, 3.8) is 0 Å². The number of likely N-dealkylation sites (N-methyl/N-ethyl adjacent to an activating group) is 1. The van der Waals surface area contributed by atoms with E-state index in [2.05, 4.69) is 22.4 Å². The fourth-order valence-corrected chi connectivity index (χ4v) is 5.84. The fraction of sp³-hybridized carbons (Fsp3) is 0.419. The Kier molecular flexibility index (Phi) is 11.5. The second kappa shape index (κ2) is 14.4. The van der Waals surface area contributed by atoms with Gasteiger partial charge in [-0.2, -0.15) is 17.5 Å². The number of aliphatic carboxylic acids is 1. The third-order valence-electron chi connectivity index (χ3n) is 7.09. The summed E-state index contributed by atoms with van der Waals surface area (Å²) in [5, 5.41) is 22.7. The highest BCUT2D eigenvalue weighted by Crippen LogP contribution is 2.35. The van der Waals surface area contributed by atoms with Gasteiger partial charge in [-0.25, -0.2) is 8.42 Å². The molecule has 1 atom stereocenters. The summed E-state index contributed by atoms with van der Waals surface area (Å²) in [6.45, 7) is 3.73. The molecule has 0 amide bonds. The number of benzene rings is 2. The Labute approximate surface area is 250 Å². The van der Waals surface area contributed by atoms with Crippen molar-refractivity contribution in [2.45, 2.75) is 68.7 Å². The van der Waals surface area contributed by atoms with Crippen molar-refractivity contribution < 1.29 is 36.6 Å². The summed E-state index contributed by atoms with van der Waals surface area (Å²) in [5.41, 5.74) is 0.410. The van der Waals surface area contributed by atoms with E-state index in [9.17, 15) is 31.5 Å². The topological polar surface area (TPSA) is 120 Å². The summed E-state index contributed by atoms with van der Waals surface area (Å²) in [5.74, 6) is -1.01. The normalized spacial score (nSPS) is 13.3. The lowest BCUT2D eigenvalue weighted by Gasteiger charge is -2.29. The molecule has 0 radical (unpaired) electrons. The molecule has 1 heterocycles. The van der Waals surface area contributed by atoms with Crippen LogP contribution in [-0.4, -0.2) is 65.7 Å². The molecule has 234 valence electrons. The average Bonchev–Trinajstić information content (AvgIpc) is 2.95. The number of pyridine rings is 1. The summed E-state index contributed by atoms with van der Waals surface area (Å²) in [6, 6.07) is 15.6. The van der Waals surface area contributed by atoms with Gasteiger partial charge in [-0.3, -0.25) is 9.78 Å². The van der Waals surface area contributed by atoms with Crippen molar-refractivity contribution in [3.05, 3.63) is 83.7 Å². The predicted octanol–water partition coefficient (Wildman–Crippen LogP) is 5.16. The smallest absolute Gasteiger partial charge is 0.416 e. The Morgan fingerprint density at radius 3 is 2.33 bits per heavy atom. The quantitative estimate of drug-likeness (QED) is 0.215. The average molecular weight is 622 g/mol. The van der Waals surface area contributed by atoms with Gasteiger partial charge in [0.15, 0.2) is 0 Å². The number of aryl methyl sites for hydroxylation is 2. The minimum Gasteiger partial charge on any atom is -0.481 e. The zero-order valence-corrected chi connectivity index (χ0v) is 25.3. The number of carboxylic acids is 1. The number of carboxylic acid groups (broad SMARTS) is 1. The van der Waals surface area contributed by atoms with Gasteiger partial charge >= 0.3 is 12.1 Å². The number of nitrogens with zero attached hydrogens (tertiary/aromatic N) is 2. The Hall–Kier alpha value is -3.32. The molecule has 0 fully saturated rings. The van der Waals surface area contributed by atoms with Gasteiger partial charge in [0.1, 0.15) is 0 Å². The number of sulfonamides is 1. The number of carbonyl (C=O) groups is 1. The first kappa shape index (κ1) is 34.2. The van der Waals surface area contributed by atoms with Crippen molar-refractivity contribution in [1.29, 1.82) is 0 Å². The molecule has 0 bridgehead atoms. The van der Waals surface area contributed by atoms with Crippen LogP contribution in [0.2, 0.25) is 0 Å². The number of aliphatic hydroxyl groups is 1. The third-order valence-corrected chi connectivity index (χ3v) is 8.89. The van der Waals surface area contributed by atoms with E-state index in [1.54, 1.807) is 0 Å². The van der Waals surface area contributed by atoms with Crippen LogP contribution in [0, 0.1) is 0 Å². The van der Waals surface area contributed by atoms with Crippen LogP contribution in [0.1, 0.15) is 49.9 Å². The van der Waals surface area contributed by atoms with Crippen molar-refractivity contribution in [2.75, 3.05) is 20.1 Å². The maximum Gasteiger partial charge on any atom is 0.416 e. The molecule has 0 aliphatic carbocycles. The molecule has 8 nitrogen and oxygen atoms in total. The summed E-state index contributed by atoms with van der Waals surface area (Å²) in [6.07, 6.45) is -2.03. The summed E-state index contributed by atoms with van der Waals surface area (Å²) >= 11 is 0.